The highest BCUT2D eigenvalue weighted by atomic mass is 35.5. The minimum absolute atomic E-state index is 0.252. The number of amides is 1. The molecule has 2 aliphatic heterocycles. The lowest BCUT2D eigenvalue weighted by Crippen LogP contribution is -2.62. The summed E-state index contributed by atoms with van der Waals surface area (Å²) in [5.74, 6) is 0.991. The molecule has 2 fully saturated rings. The van der Waals surface area contributed by atoms with E-state index in [1.807, 2.05) is 29.2 Å². The third kappa shape index (κ3) is 4.07. The van der Waals surface area contributed by atoms with E-state index >= 15 is 0 Å². The molecular formula is C19H27ClN2O. The quantitative estimate of drug-likeness (QED) is 0.841. The minimum atomic E-state index is 0.252. The van der Waals surface area contributed by atoms with Gasteiger partial charge in [-0.05, 0) is 49.5 Å². The van der Waals surface area contributed by atoms with Crippen molar-refractivity contribution in [1.82, 2.24) is 9.80 Å². The molecule has 1 aromatic rings. The molecule has 3 rings (SSSR count). The topological polar surface area (TPSA) is 23.6 Å². The molecule has 126 valence electrons. The van der Waals surface area contributed by atoms with Gasteiger partial charge in [0.1, 0.15) is 0 Å². The first-order valence-electron chi connectivity index (χ1n) is 8.70. The van der Waals surface area contributed by atoms with E-state index < -0.39 is 0 Å². The highest BCUT2D eigenvalue weighted by Crippen LogP contribution is 2.40. The van der Waals surface area contributed by atoms with Crippen molar-refractivity contribution in [3.8, 4) is 0 Å². The molecule has 2 saturated heterocycles. The van der Waals surface area contributed by atoms with Crippen molar-refractivity contribution >= 4 is 17.5 Å². The van der Waals surface area contributed by atoms with E-state index in [-0.39, 0.29) is 5.91 Å². The largest absolute Gasteiger partial charge is 0.341 e. The SMILES string of the molecule is CC(C)CN1CCC2(CC1)CN(C(=O)Cc1ccc(Cl)cc1)C2. The fourth-order valence-corrected chi connectivity index (χ4v) is 4.00. The molecule has 4 heteroatoms. The summed E-state index contributed by atoms with van der Waals surface area (Å²) in [5, 5.41) is 0.720. The van der Waals surface area contributed by atoms with Crippen LogP contribution >= 0.6 is 11.6 Å². The van der Waals surface area contributed by atoms with Gasteiger partial charge in [-0.15, -0.1) is 0 Å². The summed E-state index contributed by atoms with van der Waals surface area (Å²) in [5.41, 5.74) is 1.45. The zero-order chi connectivity index (χ0) is 16.4. The second-order valence-corrected chi connectivity index (χ2v) is 8.18. The molecule has 23 heavy (non-hydrogen) atoms. The van der Waals surface area contributed by atoms with Gasteiger partial charge in [0.2, 0.25) is 5.91 Å². The number of carbonyl (C=O) groups excluding carboxylic acids is 1. The number of halogens is 1. The van der Waals surface area contributed by atoms with E-state index in [9.17, 15) is 4.79 Å². The van der Waals surface area contributed by atoms with E-state index in [0.29, 0.717) is 11.8 Å². The van der Waals surface area contributed by atoms with Crippen LogP contribution in [0.5, 0.6) is 0 Å². The number of benzene rings is 1. The predicted octanol–water partition coefficient (Wildman–Crippen LogP) is 3.46. The molecule has 0 bridgehead atoms. The van der Waals surface area contributed by atoms with Crippen LogP contribution in [-0.2, 0) is 11.2 Å². The Balaban J connectivity index is 1.45. The molecule has 0 atom stereocenters. The highest BCUT2D eigenvalue weighted by molar-refractivity contribution is 6.30. The fourth-order valence-electron chi connectivity index (χ4n) is 3.87. The Kier molecular flexibility index (Phi) is 4.98. The Morgan fingerprint density at radius 2 is 1.78 bits per heavy atom. The molecule has 0 aromatic heterocycles. The predicted molar refractivity (Wildman–Crippen MR) is 94.7 cm³/mol. The Morgan fingerprint density at radius 3 is 2.35 bits per heavy atom. The van der Waals surface area contributed by atoms with Gasteiger partial charge in [-0.2, -0.15) is 0 Å². The maximum absolute atomic E-state index is 12.4. The van der Waals surface area contributed by atoms with Crippen molar-refractivity contribution in [1.29, 1.82) is 0 Å². The molecule has 0 unspecified atom stereocenters. The van der Waals surface area contributed by atoms with Gasteiger partial charge in [0.25, 0.3) is 0 Å². The maximum atomic E-state index is 12.4. The zero-order valence-electron chi connectivity index (χ0n) is 14.2. The summed E-state index contributed by atoms with van der Waals surface area (Å²) in [7, 11) is 0. The standard InChI is InChI=1S/C19H27ClN2O/c1-15(2)12-21-9-7-19(8-10-21)13-22(14-19)18(23)11-16-3-5-17(20)6-4-16/h3-6,15H,7-14H2,1-2H3. The van der Waals surface area contributed by atoms with Crippen molar-refractivity contribution in [2.45, 2.75) is 33.1 Å². The number of nitrogens with zero attached hydrogens (tertiary/aromatic N) is 2. The van der Waals surface area contributed by atoms with Crippen molar-refractivity contribution in [2.75, 3.05) is 32.7 Å². The second kappa shape index (κ2) is 6.82. The van der Waals surface area contributed by atoms with Crippen molar-refractivity contribution in [3.63, 3.8) is 0 Å². The van der Waals surface area contributed by atoms with Crippen molar-refractivity contribution in [3.05, 3.63) is 34.9 Å². The minimum Gasteiger partial charge on any atom is -0.341 e. The Bertz CT molecular complexity index is 539. The van der Waals surface area contributed by atoms with Gasteiger partial charge in [-0.3, -0.25) is 4.79 Å². The van der Waals surface area contributed by atoms with E-state index in [2.05, 4.69) is 18.7 Å². The van der Waals surface area contributed by atoms with Crippen LogP contribution in [0.1, 0.15) is 32.3 Å². The lowest BCUT2D eigenvalue weighted by atomic mass is 9.71. The lowest BCUT2D eigenvalue weighted by molar-refractivity contribution is -0.146. The van der Waals surface area contributed by atoms with E-state index in [0.717, 1.165) is 29.6 Å². The summed E-state index contributed by atoms with van der Waals surface area (Å²) < 4.78 is 0. The average molecular weight is 335 g/mol. The van der Waals surface area contributed by atoms with Gasteiger partial charge in [0, 0.05) is 30.1 Å². The van der Waals surface area contributed by atoms with Crippen molar-refractivity contribution in [2.24, 2.45) is 11.3 Å². The molecule has 1 spiro atoms. The van der Waals surface area contributed by atoms with Gasteiger partial charge in [-0.1, -0.05) is 37.6 Å². The number of rotatable bonds is 4. The third-order valence-corrected chi connectivity index (χ3v) is 5.47. The van der Waals surface area contributed by atoms with Crippen LogP contribution in [0.15, 0.2) is 24.3 Å². The molecule has 0 saturated carbocycles. The van der Waals surface area contributed by atoms with E-state index in [1.165, 1.54) is 32.5 Å². The van der Waals surface area contributed by atoms with Crippen LogP contribution in [0.25, 0.3) is 0 Å². The van der Waals surface area contributed by atoms with E-state index in [1.54, 1.807) is 0 Å². The number of piperidine rings is 1. The average Bonchev–Trinajstić information content (AvgIpc) is 2.47. The molecule has 1 aromatic carbocycles. The Hall–Kier alpha value is -1.06. The number of likely N-dealkylation sites (tertiary alicyclic amines) is 2. The maximum Gasteiger partial charge on any atom is 0.227 e. The summed E-state index contributed by atoms with van der Waals surface area (Å²) in [6, 6.07) is 7.60. The van der Waals surface area contributed by atoms with Crippen molar-refractivity contribution < 1.29 is 4.79 Å². The molecule has 2 heterocycles. The van der Waals surface area contributed by atoms with E-state index in [4.69, 9.17) is 11.6 Å². The summed E-state index contributed by atoms with van der Waals surface area (Å²) in [6.45, 7) is 10.1. The van der Waals surface area contributed by atoms with Gasteiger partial charge in [0.15, 0.2) is 0 Å². The van der Waals surface area contributed by atoms with Crippen LogP contribution in [0.2, 0.25) is 5.02 Å². The first-order valence-corrected chi connectivity index (χ1v) is 9.08. The number of carbonyl (C=O) groups is 1. The zero-order valence-corrected chi connectivity index (χ0v) is 15.0. The first kappa shape index (κ1) is 16.8. The summed E-state index contributed by atoms with van der Waals surface area (Å²) in [6.07, 6.45) is 2.97. The summed E-state index contributed by atoms with van der Waals surface area (Å²) >= 11 is 5.89. The van der Waals surface area contributed by atoms with Gasteiger partial charge >= 0.3 is 0 Å². The molecule has 3 nitrogen and oxygen atoms in total. The molecular weight excluding hydrogens is 308 g/mol. The normalized spacial score (nSPS) is 20.8. The van der Waals surface area contributed by atoms with Crippen LogP contribution in [0.3, 0.4) is 0 Å². The fraction of sp³-hybridized carbons (Fsp3) is 0.632. The smallest absolute Gasteiger partial charge is 0.227 e. The van der Waals surface area contributed by atoms with Crippen LogP contribution < -0.4 is 0 Å². The van der Waals surface area contributed by atoms with Crippen LogP contribution in [0.4, 0.5) is 0 Å². The van der Waals surface area contributed by atoms with Crippen LogP contribution in [0, 0.1) is 11.3 Å². The van der Waals surface area contributed by atoms with Gasteiger partial charge in [0.05, 0.1) is 6.42 Å². The Labute approximate surface area is 144 Å². The number of hydrogen-bond acceptors (Lipinski definition) is 2. The first-order chi connectivity index (χ1) is 11.0. The molecule has 0 N–H and O–H groups in total. The van der Waals surface area contributed by atoms with Crippen LogP contribution in [-0.4, -0.2) is 48.4 Å². The summed E-state index contributed by atoms with van der Waals surface area (Å²) in [4.78, 5) is 17.0. The highest BCUT2D eigenvalue weighted by Gasteiger charge is 2.46. The van der Waals surface area contributed by atoms with Gasteiger partial charge < -0.3 is 9.80 Å². The molecule has 2 aliphatic rings. The third-order valence-electron chi connectivity index (χ3n) is 5.21. The number of hydrogen-bond donors (Lipinski definition) is 0. The van der Waals surface area contributed by atoms with Gasteiger partial charge in [-0.25, -0.2) is 0 Å². The molecule has 0 radical (unpaired) electrons. The lowest BCUT2D eigenvalue weighted by Gasteiger charge is -2.54. The second-order valence-electron chi connectivity index (χ2n) is 7.75. The monoisotopic (exact) mass is 334 g/mol. The molecule has 1 amide bonds. The molecule has 0 aliphatic carbocycles. The Morgan fingerprint density at radius 1 is 1.17 bits per heavy atom.